The molecule has 0 unspecified atom stereocenters. The van der Waals surface area contributed by atoms with Gasteiger partial charge in [0.2, 0.25) is 0 Å². The molecule has 0 bridgehead atoms. The smallest absolute Gasteiger partial charge is 0.147 e. The molecule has 1 aliphatic rings. The molecule has 0 amide bonds. The van der Waals surface area contributed by atoms with Gasteiger partial charge in [0.1, 0.15) is 31.4 Å². The van der Waals surface area contributed by atoms with E-state index in [2.05, 4.69) is 102 Å². The number of methoxy groups -OCH3 is 2. The van der Waals surface area contributed by atoms with Crippen LogP contribution in [-0.2, 0) is 45.3 Å². The Morgan fingerprint density at radius 3 is 1.55 bits per heavy atom. The lowest BCUT2D eigenvalue weighted by Gasteiger charge is -2.38. The molecular formula is C39H47NO7. The summed E-state index contributed by atoms with van der Waals surface area (Å²) in [5, 5.41) is 0. The minimum atomic E-state index is -0.871. The van der Waals surface area contributed by atoms with Gasteiger partial charge in [0, 0.05) is 27.3 Å². The number of rotatable bonds is 20. The molecule has 0 radical (unpaired) electrons. The first kappa shape index (κ1) is 34.9. The van der Waals surface area contributed by atoms with Gasteiger partial charge in [-0.25, -0.2) is 0 Å². The largest absolute Gasteiger partial charge is 0.382 e. The first-order valence-electron chi connectivity index (χ1n) is 16.2. The Labute approximate surface area is 279 Å². The van der Waals surface area contributed by atoms with Crippen molar-refractivity contribution in [2.45, 2.75) is 30.4 Å². The SMILES string of the molecule is COCCOCO[C@@H]1[C@@H](COC(c2ccccc2)(c2ccccc2)c2ccccc2)N(Cc2ccccc2)C[C@H]1OCOCCOC. The Morgan fingerprint density at radius 1 is 0.596 bits per heavy atom. The quantitative estimate of drug-likeness (QED) is 0.0673. The highest BCUT2D eigenvalue weighted by Gasteiger charge is 2.46. The van der Waals surface area contributed by atoms with Crippen LogP contribution in [0.4, 0.5) is 0 Å². The molecule has 0 spiro atoms. The van der Waals surface area contributed by atoms with Gasteiger partial charge in [0.25, 0.3) is 0 Å². The zero-order valence-corrected chi connectivity index (χ0v) is 27.4. The zero-order valence-electron chi connectivity index (χ0n) is 27.4. The highest BCUT2D eigenvalue weighted by Crippen LogP contribution is 2.41. The lowest BCUT2D eigenvalue weighted by Crippen LogP contribution is -2.45. The van der Waals surface area contributed by atoms with Gasteiger partial charge in [0.15, 0.2) is 0 Å². The van der Waals surface area contributed by atoms with Crippen LogP contribution >= 0.6 is 0 Å². The van der Waals surface area contributed by atoms with E-state index in [4.69, 9.17) is 33.2 Å². The Morgan fingerprint density at radius 2 is 1.06 bits per heavy atom. The summed E-state index contributed by atoms with van der Waals surface area (Å²) in [5.41, 5.74) is 3.47. The van der Waals surface area contributed by atoms with Crippen molar-refractivity contribution in [2.75, 3.05) is 67.4 Å². The molecule has 5 rings (SSSR count). The fraction of sp³-hybridized carbons (Fsp3) is 0.385. The molecule has 4 aromatic carbocycles. The molecule has 1 aliphatic heterocycles. The van der Waals surface area contributed by atoms with Crippen LogP contribution in [0.2, 0.25) is 0 Å². The standard InChI is InChI=1S/C39H47NO7/c1-41-23-25-43-30-45-37-28-40(27-32-15-7-3-8-16-32)36(38(37)46-31-44-26-24-42-2)29-47-39(33-17-9-4-10-18-33,34-19-11-5-12-20-34)35-21-13-6-14-22-35/h3-22,36-38H,23-31H2,1-2H3/t36-,37-,38-/m1/s1. The van der Waals surface area contributed by atoms with Crippen LogP contribution in [0.15, 0.2) is 121 Å². The van der Waals surface area contributed by atoms with Crippen LogP contribution in [0.1, 0.15) is 22.3 Å². The maximum Gasteiger partial charge on any atom is 0.147 e. The fourth-order valence-corrected chi connectivity index (χ4v) is 6.14. The highest BCUT2D eigenvalue weighted by molar-refractivity contribution is 5.47. The van der Waals surface area contributed by atoms with E-state index in [9.17, 15) is 0 Å². The first-order valence-corrected chi connectivity index (χ1v) is 16.2. The molecule has 250 valence electrons. The van der Waals surface area contributed by atoms with Crippen molar-refractivity contribution in [3.63, 3.8) is 0 Å². The van der Waals surface area contributed by atoms with Gasteiger partial charge in [-0.3, -0.25) is 4.90 Å². The summed E-state index contributed by atoms with van der Waals surface area (Å²) in [7, 11) is 3.31. The lowest BCUT2D eigenvalue weighted by atomic mass is 9.80. The molecular weight excluding hydrogens is 594 g/mol. The average Bonchev–Trinajstić information content (AvgIpc) is 3.45. The average molecular weight is 642 g/mol. The number of benzene rings is 4. The minimum absolute atomic E-state index is 0.106. The molecule has 1 fully saturated rings. The van der Waals surface area contributed by atoms with Crippen LogP contribution in [0.5, 0.6) is 0 Å². The lowest BCUT2D eigenvalue weighted by molar-refractivity contribution is -0.167. The van der Waals surface area contributed by atoms with Crippen molar-refractivity contribution in [3.05, 3.63) is 144 Å². The normalized spacial score (nSPS) is 18.5. The molecule has 0 aromatic heterocycles. The van der Waals surface area contributed by atoms with Crippen LogP contribution in [0.3, 0.4) is 0 Å². The van der Waals surface area contributed by atoms with E-state index in [-0.39, 0.29) is 31.8 Å². The number of nitrogens with zero attached hydrogens (tertiary/aromatic N) is 1. The fourth-order valence-electron chi connectivity index (χ4n) is 6.14. The molecule has 0 aliphatic carbocycles. The van der Waals surface area contributed by atoms with Gasteiger partial charge in [0.05, 0.1) is 39.1 Å². The predicted octanol–water partition coefficient (Wildman–Crippen LogP) is 5.89. The second-order valence-electron chi connectivity index (χ2n) is 11.4. The maximum atomic E-state index is 7.34. The van der Waals surface area contributed by atoms with Crippen molar-refractivity contribution in [1.82, 2.24) is 4.90 Å². The predicted molar refractivity (Wildman–Crippen MR) is 181 cm³/mol. The van der Waals surface area contributed by atoms with E-state index in [1.54, 1.807) is 14.2 Å². The molecule has 0 saturated carbocycles. The maximum absolute atomic E-state index is 7.34. The molecule has 1 saturated heterocycles. The monoisotopic (exact) mass is 641 g/mol. The Hall–Kier alpha value is -3.44. The van der Waals surface area contributed by atoms with Crippen LogP contribution in [0.25, 0.3) is 0 Å². The van der Waals surface area contributed by atoms with Gasteiger partial charge in [-0.15, -0.1) is 0 Å². The number of hydrogen-bond donors (Lipinski definition) is 0. The van der Waals surface area contributed by atoms with E-state index < -0.39 is 5.60 Å². The van der Waals surface area contributed by atoms with E-state index in [0.29, 0.717) is 46.1 Å². The molecule has 4 aromatic rings. The van der Waals surface area contributed by atoms with Crippen LogP contribution in [-0.4, -0.2) is 90.5 Å². The van der Waals surface area contributed by atoms with Gasteiger partial charge >= 0.3 is 0 Å². The highest BCUT2D eigenvalue weighted by atomic mass is 16.7. The van der Waals surface area contributed by atoms with Crippen molar-refractivity contribution in [2.24, 2.45) is 0 Å². The Bertz CT molecular complexity index is 1300. The second-order valence-corrected chi connectivity index (χ2v) is 11.4. The summed E-state index contributed by atoms with van der Waals surface area (Å²) in [6.45, 7) is 3.81. The summed E-state index contributed by atoms with van der Waals surface area (Å²) in [5.74, 6) is 0. The van der Waals surface area contributed by atoms with E-state index in [0.717, 1.165) is 16.7 Å². The minimum Gasteiger partial charge on any atom is -0.382 e. The molecule has 1 heterocycles. The van der Waals surface area contributed by atoms with Crippen molar-refractivity contribution in [3.8, 4) is 0 Å². The third-order valence-electron chi connectivity index (χ3n) is 8.44. The third-order valence-corrected chi connectivity index (χ3v) is 8.44. The third kappa shape index (κ3) is 9.34. The zero-order chi connectivity index (χ0) is 32.6. The van der Waals surface area contributed by atoms with Gasteiger partial charge in [-0.05, 0) is 22.3 Å². The van der Waals surface area contributed by atoms with Gasteiger partial charge in [-0.2, -0.15) is 0 Å². The topological polar surface area (TPSA) is 67.9 Å². The molecule has 8 heteroatoms. The molecule has 0 N–H and O–H groups in total. The first-order chi connectivity index (χ1) is 23.3. The van der Waals surface area contributed by atoms with E-state index in [1.807, 2.05) is 24.3 Å². The van der Waals surface area contributed by atoms with E-state index >= 15 is 0 Å². The Kier molecular flexibility index (Phi) is 13.9. The van der Waals surface area contributed by atoms with Crippen molar-refractivity contribution < 1.29 is 33.2 Å². The molecule has 3 atom stereocenters. The number of likely N-dealkylation sites (tertiary alicyclic amines) is 1. The number of ether oxygens (including phenoxy) is 7. The number of hydrogen-bond acceptors (Lipinski definition) is 8. The Balaban J connectivity index is 1.49. The summed E-state index contributed by atoms with van der Waals surface area (Å²) >= 11 is 0. The molecule has 8 nitrogen and oxygen atoms in total. The summed E-state index contributed by atoms with van der Waals surface area (Å²) in [6, 6.07) is 41.6. The summed E-state index contributed by atoms with van der Waals surface area (Å²) in [6.07, 6.45) is -0.632. The van der Waals surface area contributed by atoms with Crippen LogP contribution in [0, 0.1) is 0 Å². The van der Waals surface area contributed by atoms with Crippen LogP contribution < -0.4 is 0 Å². The van der Waals surface area contributed by atoms with Crippen molar-refractivity contribution in [1.29, 1.82) is 0 Å². The summed E-state index contributed by atoms with van der Waals surface area (Å²) in [4.78, 5) is 2.39. The van der Waals surface area contributed by atoms with Gasteiger partial charge < -0.3 is 33.2 Å². The van der Waals surface area contributed by atoms with Gasteiger partial charge in [-0.1, -0.05) is 121 Å². The van der Waals surface area contributed by atoms with E-state index in [1.165, 1.54) is 5.56 Å². The second kappa shape index (κ2) is 18.8. The van der Waals surface area contributed by atoms with Crippen molar-refractivity contribution >= 4 is 0 Å². The molecule has 47 heavy (non-hydrogen) atoms. The summed E-state index contributed by atoms with van der Waals surface area (Å²) < 4.78 is 42.0.